The Morgan fingerprint density at radius 2 is 2.06 bits per heavy atom. The van der Waals surface area contributed by atoms with Crippen molar-refractivity contribution in [3.63, 3.8) is 0 Å². The summed E-state index contributed by atoms with van der Waals surface area (Å²) in [7, 11) is 0. The molecular weight excluding hydrogens is 400 g/mol. The molecule has 4 N–H and O–H groups in total. The van der Waals surface area contributed by atoms with Crippen LogP contribution in [0.1, 0.15) is 41.0 Å². The molecule has 0 saturated heterocycles. The predicted molar refractivity (Wildman–Crippen MR) is 127 cm³/mol. The van der Waals surface area contributed by atoms with Crippen molar-refractivity contribution < 1.29 is 4.79 Å². The number of aromatic nitrogens is 3. The zero-order valence-electron chi connectivity index (χ0n) is 18.2. The normalized spacial score (nSPS) is 14.7. The van der Waals surface area contributed by atoms with E-state index in [-0.39, 0.29) is 11.3 Å². The first kappa shape index (κ1) is 20.2. The van der Waals surface area contributed by atoms with Crippen LogP contribution in [0.4, 0.5) is 11.5 Å². The van der Waals surface area contributed by atoms with Gasteiger partial charge in [-0.1, -0.05) is 19.9 Å². The van der Waals surface area contributed by atoms with Crippen LogP contribution < -0.4 is 16.0 Å². The number of benzene rings is 1. The summed E-state index contributed by atoms with van der Waals surface area (Å²) in [5.41, 5.74) is 5.59. The number of hydrogen-bond donors (Lipinski definition) is 4. The fraction of sp³-hybridized carbons (Fsp3) is 0.240. The van der Waals surface area contributed by atoms with E-state index >= 15 is 0 Å². The summed E-state index contributed by atoms with van der Waals surface area (Å²) < 4.78 is 0. The molecule has 162 valence electrons. The Morgan fingerprint density at radius 3 is 2.97 bits per heavy atom. The molecule has 4 heterocycles. The van der Waals surface area contributed by atoms with Crippen LogP contribution in [0.25, 0.3) is 11.0 Å². The van der Waals surface area contributed by atoms with Crippen molar-refractivity contribution in [2.75, 3.05) is 17.2 Å². The van der Waals surface area contributed by atoms with Crippen molar-refractivity contribution in [1.29, 1.82) is 0 Å². The minimum atomic E-state index is -0.198. The second-order valence-corrected chi connectivity index (χ2v) is 8.78. The van der Waals surface area contributed by atoms with Gasteiger partial charge in [0.1, 0.15) is 11.5 Å². The second-order valence-electron chi connectivity index (χ2n) is 8.78. The number of amides is 1. The maximum atomic E-state index is 13.1. The molecule has 32 heavy (non-hydrogen) atoms. The van der Waals surface area contributed by atoms with Gasteiger partial charge in [0, 0.05) is 42.0 Å². The molecule has 0 unspecified atom stereocenters. The highest BCUT2D eigenvalue weighted by Gasteiger charge is 2.27. The van der Waals surface area contributed by atoms with E-state index in [1.165, 1.54) is 11.1 Å². The van der Waals surface area contributed by atoms with E-state index in [9.17, 15) is 4.79 Å². The molecule has 0 aliphatic carbocycles. The van der Waals surface area contributed by atoms with E-state index in [4.69, 9.17) is 0 Å². The zero-order chi connectivity index (χ0) is 22.1. The number of hydrogen-bond acceptors (Lipinski definition) is 5. The van der Waals surface area contributed by atoms with Crippen molar-refractivity contribution in [2.24, 2.45) is 0 Å². The first-order chi connectivity index (χ1) is 15.5. The molecule has 5 rings (SSSR count). The number of rotatable bonds is 5. The molecule has 0 radical (unpaired) electrons. The monoisotopic (exact) mass is 426 g/mol. The van der Waals surface area contributed by atoms with Gasteiger partial charge >= 0.3 is 0 Å². The summed E-state index contributed by atoms with van der Waals surface area (Å²) in [5.74, 6) is 0.329. The van der Waals surface area contributed by atoms with E-state index in [0.717, 1.165) is 35.5 Å². The van der Waals surface area contributed by atoms with Gasteiger partial charge in [-0.15, -0.1) is 0 Å². The van der Waals surface area contributed by atoms with Crippen LogP contribution in [-0.4, -0.2) is 27.4 Å². The third-order valence-electron chi connectivity index (χ3n) is 5.93. The highest BCUT2D eigenvalue weighted by molar-refractivity contribution is 6.07. The van der Waals surface area contributed by atoms with E-state index < -0.39 is 0 Å². The standard InChI is InChI=1S/C25H26N6O/c1-25(2)15-26-13-17-12-18(7-8-21(17)25)31-24(32)20-4-3-10-27-23(20)29-14-19-6-5-16-9-11-28-22(16)30-19/h3-12,26H,13-15H2,1-2H3,(H,27,29)(H,28,30)(H,31,32). The number of pyridine rings is 2. The number of aromatic amines is 1. The van der Waals surface area contributed by atoms with Crippen LogP contribution in [0.5, 0.6) is 0 Å². The molecule has 0 atom stereocenters. The number of carbonyl (C=O) groups is 1. The Bertz CT molecular complexity index is 1290. The molecule has 7 heteroatoms. The van der Waals surface area contributed by atoms with Gasteiger partial charge in [-0.05, 0) is 53.6 Å². The summed E-state index contributed by atoms with van der Waals surface area (Å²) in [6.45, 7) is 6.67. The van der Waals surface area contributed by atoms with Crippen molar-refractivity contribution in [3.8, 4) is 0 Å². The van der Waals surface area contributed by atoms with Gasteiger partial charge in [0.05, 0.1) is 17.8 Å². The summed E-state index contributed by atoms with van der Waals surface area (Å²) in [4.78, 5) is 25.1. The highest BCUT2D eigenvalue weighted by atomic mass is 16.1. The number of nitrogens with one attached hydrogen (secondary N) is 4. The van der Waals surface area contributed by atoms with Gasteiger partial charge in [0.2, 0.25) is 0 Å². The number of anilines is 2. The molecule has 1 aromatic carbocycles. The quantitative estimate of drug-likeness (QED) is 0.384. The number of H-pyrrole nitrogens is 1. The lowest BCUT2D eigenvalue weighted by atomic mass is 9.79. The van der Waals surface area contributed by atoms with Crippen LogP contribution >= 0.6 is 0 Å². The van der Waals surface area contributed by atoms with Crippen LogP contribution in [0, 0.1) is 0 Å². The molecule has 0 spiro atoms. The van der Waals surface area contributed by atoms with Gasteiger partial charge in [0.25, 0.3) is 5.91 Å². The number of fused-ring (bicyclic) bond motifs is 2. The van der Waals surface area contributed by atoms with Crippen LogP contribution in [-0.2, 0) is 18.5 Å². The lowest BCUT2D eigenvalue weighted by Crippen LogP contribution is -2.38. The minimum Gasteiger partial charge on any atom is -0.364 e. The van der Waals surface area contributed by atoms with Crippen LogP contribution in [0.3, 0.4) is 0 Å². The predicted octanol–water partition coefficient (Wildman–Crippen LogP) is 4.20. The smallest absolute Gasteiger partial charge is 0.259 e. The average Bonchev–Trinajstić information content (AvgIpc) is 3.25. The SMILES string of the molecule is CC1(C)CNCc2cc(NC(=O)c3cccnc3NCc3ccc4cc[nH]c4n3)ccc21. The largest absolute Gasteiger partial charge is 0.364 e. The van der Waals surface area contributed by atoms with E-state index in [1.807, 2.05) is 30.5 Å². The Balaban J connectivity index is 1.32. The van der Waals surface area contributed by atoms with Crippen molar-refractivity contribution >= 4 is 28.4 Å². The minimum absolute atomic E-state index is 0.0771. The molecule has 1 amide bonds. The molecule has 0 fully saturated rings. The van der Waals surface area contributed by atoms with Crippen molar-refractivity contribution in [1.82, 2.24) is 20.3 Å². The van der Waals surface area contributed by atoms with E-state index in [1.54, 1.807) is 18.3 Å². The molecule has 7 nitrogen and oxygen atoms in total. The Hall–Kier alpha value is -3.71. The zero-order valence-corrected chi connectivity index (χ0v) is 18.2. The summed E-state index contributed by atoms with van der Waals surface area (Å²) >= 11 is 0. The lowest BCUT2D eigenvalue weighted by molar-refractivity contribution is 0.102. The van der Waals surface area contributed by atoms with Gasteiger partial charge < -0.3 is 20.9 Å². The molecule has 4 aromatic rings. The van der Waals surface area contributed by atoms with Gasteiger partial charge in [-0.2, -0.15) is 0 Å². The molecular formula is C25H26N6O. The molecule has 0 bridgehead atoms. The average molecular weight is 427 g/mol. The Kier molecular flexibility index (Phi) is 5.11. The summed E-state index contributed by atoms with van der Waals surface area (Å²) in [6, 6.07) is 15.7. The molecule has 3 aromatic heterocycles. The fourth-order valence-electron chi connectivity index (χ4n) is 4.25. The fourth-order valence-corrected chi connectivity index (χ4v) is 4.25. The first-order valence-corrected chi connectivity index (χ1v) is 10.8. The molecule has 1 aliphatic heterocycles. The van der Waals surface area contributed by atoms with Crippen molar-refractivity contribution in [3.05, 3.63) is 83.3 Å². The summed E-state index contributed by atoms with van der Waals surface area (Å²) in [6.07, 6.45) is 3.54. The van der Waals surface area contributed by atoms with Crippen molar-refractivity contribution in [2.45, 2.75) is 32.4 Å². The first-order valence-electron chi connectivity index (χ1n) is 10.8. The molecule has 1 aliphatic rings. The van der Waals surface area contributed by atoms with Gasteiger partial charge in [-0.3, -0.25) is 4.79 Å². The van der Waals surface area contributed by atoms with E-state index in [0.29, 0.717) is 17.9 Å². The second kappa shape index (κ2) is 8.09. The third-order valence-corrected chi connectivity index (χ3v) is 5.93. The lowest BCUT2D eigenvalue weighted by Gasteiger charge is -2.33. The maximum absolute atomic E-state index is 13.1. The number of carbonyl (C=O) groups excluding carboxylic acids is 1. The van der Waals surface area contributed by atoms with Crippen LogP contribution in [0.15, 0.2) is 60.9 Å². The maximum Gasteiger partial charge on any atom is 0.259 e. The van der Waals surface area contributed by atoms with E-state index in [2.05, 4.69) is 56.9 Å². The van der Waals surface area contributed by atoms with Gasteiger partial charge in [0.15, 0.2) is 0 Å². The summed E-state index contributed by atoms with van der Waals surface area (Å²) in [5, 5.41) is 10.8. The third kappa shape index (κ3) is 3.94. The Morgan fingerprint density at radius 1 is 1.16 bits per heavy atom. The topological polar surface area (TPSA) is 94.7 Å². The molecule has 0 saturated carbocycles. The highest BCUT2D eigenvalue weighted by Crippen LogP contribution is 2.31. The Labute approximate surface area is 186 Å². The number of nitrogens with zero attached hydrogens (tertiary/aromatic N) is 2. The van der Waals surface area contributed by atoms with Crippen LogP contribution in [0.2, 0.25) is 0 Å². The van der Waals surface area contributed by atoms with Gasteiger partial charge in [-0.25, -0.2) is 9.97 Å².